The zero-order valence-electron chi connectivity index (χ0n) is 11.0. The third-order valence-corrected chi connectivity index (χ3v) is 3.02. The first-order chi connectivity index (χ1) is 9.15. The Bertz CT molecular complexity index is 534. The number of nitrogens with one attached hydrogen (secondary N) is 1. The van der Waals surface area contributed by atoms with E-state index in [1.807, 2.05) is 42.5 Å². The first-order valence-corrected chi connectivity index (χ1v) is 6.34. The van der Waals surface area contributed by atoms with Gasteiger partial charge in [0.15, 0.2) is 0 Å². The van der Waals surface area contributed by atoms with Crippen LogP contribution >= 0.6 is 0 Å². The molecule has 0 aliphatic rings. The van der Waals surface area contributed by atoms with Crippen LogP contribution in [0.15, 0.2) is 54.6 Å². The standard InChI is InChI=1S/C16H18N2O/c1-12(14-5-3-2-4-6-14)18-15-9-7-13(8-10-15)11-16(17)19/h2-10,12,18H,11H2,1H3,(H2,17,19). The molecule has 0 radical (unpaired) electrons. The lowest BCUT2D eigenvalue weighted by molar-refractivity contribution is -0.117. The van der Waals surface area contributed by atoms with E-state index in [4.69, 9.17) is 5.73 Å². The Balaban J connectivity index is 2.01. The molecule has 1 atom stereocenters. The maximum atomic E-state index is 10.8. The fraction of sp³-hybridized carbons (Fsp3) is 0.188. The summed E-state index contributed by atoms with van der Waals surface area (Å²) in [7, 11) is 0. The number of carbonyl (C=O) groups is 1. The molecule has 0 heterocycles. The van der Waals surface area contributed by atoms with Crippen LogP contribution in [0.2, 0.25) is 0 Å². The zero-order chi connectivity index (χ0) is 13.7. The van der Waals surface area contributed by atoms with Crippen LogP contribution < -0.4 is 11.1 Å². The summed E-state index contributed by atoms with van der Waals surface area (Å²) in [6.45, 7) is 2.12. The molecule has 3 N–H and O–H groups in total. The van der Waals surface area contributed by atoms with Crippen molar-refractivity contribution in [3.8, 4) is 0 Å². The number of benzene rings is 2. The van der Waals surface area contributed by atoms with Crippen molar-refractivity contribution in [2.24, 2.45) is 5.73 Å². The highest BCUT2D eigenvalue weighted by atomic mass is 16.1. The van der Waals surface area contributed by atoms with Crippen molar-refractivity contribution >= 4 is 11.6 Å². The Morgan fingerprint density at radius 3 is 2.32 bits per heavy atom. The topological polar surface area (TPSA) is 55.1 Å². The summed E-state index contributed by atoms with van der Waals surface area (Å²) in [5.74, 6) is -0.307. The number of hydrogen-bond acceptors (Lipinski definition) is 2. The van der Waals surface area contributed by atoms with E-state index in [-0.39, 0.29) is 18.4 Å². The van der Waals surface area contributed by atoms with Crippen molar-refractivity contribution < 1.29 is 4.79 Å². The normalized spacial score (nSPS) is 11.8. The predicted molar refractivity (Wildman–Crippen MR) is 77.8 cm³/mol. The van der Waals surface area contributed by atoms with Crippen LogP contribution in [-0.2, 0) is 11.2 Å². The van der Waals surface area contributed by atoms with Crippen LogP contribution in [-0.4, -0.2) is 5.91 Å². The van der Waals surface area contributed by atoms with E-state index in [9.17, 15) is 4.79 Å². The van der Waals surface area contributed by atoms with Gasteiger partial charge >= 0.3 is 0 Å². The summed E-state index contributed by atoms with van der Waals surface area (Å²) in [4.78, 5) is 10.8. The molecule has 0 spiro atoms. The van der Waals surface area contributed by atoms with E-state index in [0.29, 0.717) is 0 Å². The molecule has 1 unspecified atom stereocenters. The molecular weight excluding hydrogens is 236 g/mol. The molecule has 0 saturated heterocycles. The van der Waals surface area contributed by atoms with Crippen LogP contribution in [0.25, 0.3) is 0 Å². The summed E-state index contributed by atoms with van der Waals surface area (Å²) in [5, 5.41) is 3.42. The van der Waals surface area contributed by atoms with Gasteiger partial charge in [0.05, 0.1) is 6.42 Å². The molecular formula is C16H18N2O. The molecule has 0 bridgehead atoms. The maximum Gasteiger partial charge on any atom is 0.221 e. The second kappa shape index (κ2) is 6.05. The second-order valence-electron chi connectivity index (χ2n) is 4.62. The van der Waals surface area contributed by atoms with Gasteiger partial charge in [0.25, 0.3) is 0 Å². The minimum absolute atomic E-state index is 0.239. The van der Waals surface area contributed by atoms with Gasteiger partial charge in [0.2, 0.25) is 5.91 Å². The lowest BCUT2D eigenvalue weighted by atomic mass is 10.1. The van der Waals surface area contributed by atoms with Crippen molar-refractivity contribution in [1.82, 2.24) is 0 Å². The number of nitrogens with two attached hydrogens (primary N) is 1. The summed E-state index contributed by atoms with van der Waals surface area (Å²) in [6.07, 6.45) is 0.286. The Morgan fingerprint density at radius 1 is 1.11 bits per heavy atom. The molecule has 0 aromatic heterocycles. The number of anilines is 1. The molecule has 19 heavy (non-hydrogen) atoms. The molecule has 2 rings (SSSR count). The second-order valence-corrected chi connectivity index (χ2v) is 4.62. The minimum atomic E-state index is -0.307. The SMILES string of the molecule is CC(Nc1ccc(CC(N)=O)cc1)c1ccccc1. The van der Waals surface area contributed by atoms with Crippen molar-refractivity contribution in [2.75, 3.05) is 5.32 Å². The maximum absolute atomic E-state index is 10.8. The van der Waals surface area contributed by atoms with Gasteiger partial charge < -0.3 is 11.1 Å². The van der Waals surface area contributed by atoms with Crippen molar-refractivity contribution in [1.29, 1.82) is 0 Å². The first-order valence-electron chi connectivity index (χ1n) is 6.34. The highest BCUT2D eigenvalue weighted by molar-refractivity contribution is 5.76. The van der Waals surface area contributed by atoms with E-state index in [1.54, 1.807) is 0 Å². The van der Waals surface area contributed by atoms with E-state index in [2.05, 4.69) is 24.4 Å². The van der Waals surface area contributed by atoms with Gasteiger partial charge in [-0.2, -0.15) is 0 Å². The van der Waals surface area contributed by atoms with Gasteiger partial charge in [-0.25, -0.2) is 0 Å². The van der Waals surface area contributed by atoms with Crippen molar-refractivity contribution in [3.05, 3.63) is 65.7 Å². The van der Waals surface area contributed by atoms with Crippen LogP contribution in [0.4, 0.5) is 5.69 Å². The molecule has 3 heteroatoms. The Hall–Kier alpha value is -2.29. The van der Waals surface area contributed by atoms with Crippen LogP contribution in [0.1, 0.15) is 24.1 Å². The third-order valence-electron chi connectivity index (χ3n) is 3.02. The number of carbonyl (C=O) groups excluding carboxylic acids is 1. The molecule has 0 fully saturated rings. The molecule has 0 aliphatic heterocycles. The number of primary amides is 1. The fourth-order valence-electron chi connectivity index (χ4n) is 2.00. The molecule has 2 aromatic carbocycles. The number of rotatable bonds is 5. The predicted octanol–water partition coefficient (Wildman–Crippen LogP) is 2.89. The molecule has 98 valence electrons. The van der Waals surface area contributed by atoms with Crippen molar-refractivity contribution in [3.63, 3.8) is 0 Å². The highest BCUT2D eigenvalue weighted by Gasteiger charge is 2.04. The molecule has 1 amide bonds. The van der Waals surface area contributed by atoms with Gasteiger partial charge in [0.1, 0.15) is 0 Å². The Morgan fingerprint density at radius 2 is 1.74 bits per heavy atom. The van der Waals surface area contributed by atoms with Gasteiger partial charge in [-0.1, -0.05) is 42.5 Å². The van der Waals surface area contributed by atoms with E-state index < -0.39 is 0 Å². The lowest BCUT2D eigenvalue weighted by Crippen LogP contribution is -2.13. The number of hydrogen-bond donors (Lipinski definition) is 2. The molecule has 3 nitrogen and oxygen atoms in total. The van der Waals surface area contributed by atoms with Crippen molar-refractivity contribution in [2.45, 2.75) is 19.4 Å². The lowest BCUT2D eigenvalue weighted by Gasteiger charge is -2.15. The summed E-state index contributed by atoms with van der Waals surface area (Å²) >= 11 is 0. The minimum Gasteiger partial charge on any atom is -0.379 e. The Kier molecular flexibility index (Phi) is 4.18. The fourth-order valence-corrected chi connectivity index (χ4v) is 2.00. The summed E-state index contributed by atoms with van der Waals surface area (Å²) in [6, 6.07) is 18.3. The van der Waals surface area contributed by atoms with Crippen LogP contribution in [0.5, 0.6) is 0 Å². The average Bonchev–Trinajstić information content (AvgIpc) is 2.41. The molecule has 2 aromatic rings. The van der Waals surface area contributed by atoms with Crippen LogP contribution in [0, 0.1) is 0 Å². The quantitative estimate of drug-likeness (QED) is 0.862. The van der Waals surface area contributed by atoms with Gasteiger partial charge in [0, 0.05) is 11.7 Å². The zero-order valence-corrected chi connectivity index (χ0v) is 11.0. The van der Waals surface area contributed by atoms with Crippen LogP contribution in [0.3, 0.4) is 0 Å². The van der Waals surface area contributed by atoms with Gasteiger partial charge in [-0.3, -0.25) is 4.79 Å². The van der Waals surface area contributed by atoms with E-state index >= 15 is 0 Å². The third kappa shape index (κ3) is 3.85. The monoisotopic (exact) mass is 254 g/mol. The largest absolute Gasteiger partial charge is 0.379 e. The molecule has 0 saturated carbocycles. The average molecular weight is 254 g/mol. The first kappa shape index (κ1) is 13.1. The summed E-state index contributed by atoms with van der Waals surface area (Å²) in [5.41, 5.74) is 8.37. The van der Waals surface area contributed by atoms with Gasteiger partial charge in [-0.05, 0) is 30.2 Å². The van der Waals surface area contributed by atoms with E-state index in [1.165, 1.54) is 5.56 Å². The smallest absolute Gasteiger partial charge is 0.221 e. The highest BCUT2D eigenvalue weighted by Crippen LogP contribution is 2.19. The van der Waals surface area contributed by atoms with Gasteiger partial charge in [-0.15, -0.1) is 0 Å². The van der Waals surface area contributed by atoms with E-state index in [0.717, 1.165) is 11.3 Å². The number of amides is 1. The Labute approximate surface area is 113 Å². The molecule has 0 aliphatic carbocycles. The summed E-state index contributed by atoms with van der Waals surface area (Å²) < 4.78 is 0.